The molecule has 1 rings (SSSR count). The van der Waals surface area contributed by atoms with Crippen LogP contribution >= 0.6 is 0 Å². The van der Waals surface area contributed by atoms with Gasteiger partial charge in [0.25, 0.3) is 0 Å². The van der Waals surface area contributed by atoms with E-state index in [4.69, 9.17) is 10.5 Å². The molecule has 1 heterocycles. The summed E-state index contributed by atoms with van der Waals surface area (Å²) >= 11 is 0. The van der Waals surface area contributed by atoms with Crippen molar-refractivity contribution in [2.75, 3.05) is 26.8 Å². The van der Waals surface area contributed by atoms with E-state index in [0.717, 1.165) is 25.9 Å². The average Bonchev–Trinajstić information content (AvgIpc) is 2.29. The molecule has 18 heavy (non-hydrogen) atoms. The molecule has 0 aromatic rings. The first-order valence-electron chi connectivity index (χ1n) is 6.89. The van der Waals surface area contributed by atoms with Gasteiger partial charge in [0.1, 0.15) is 0 Å². The molecular formula is C14H30N2O2. The average molecular weight is 258 g/mol. The fourth-order valence-electron chi connectivity index (χ4n) is 2.73. The Balaban J connectivity index is 2.77. The van der Waals surface area contributed by atoms with Gasteiger partial charge >= 0.3 is 0 Å². The van der Waals surface area contributed by atoms with Crippen LogP contribution in [0.25, 0.3) is 0 Å². The summed E-state index contributed by atoms with van der Waals surface area (Å²) in [5.74, 6) is 0. The van der Waals surface area contributed by atoms with Crippen LogP contribution in [0.1, 0.15) is 40.5 Å². The van der Waals surface area contributed by atoms with E-state index in [1.165, 1.54) is 0 Å². The molecule has 0 radical (unpaired) electrons. The van der Waals surface area contributed by atoms with Gasteiger partial charge in [-0.2, -0.15) is 0 Å². The zero-order valence-electron chi connectivity index (χ0n) is 12.6. The number of nitrogens with two attached hydrogens (primary N) is 1. The Hall–Kier alpha value is -0.160. The molecule has 0 aromatic heterocycles. The Bertz CT molecular complexity index is 265. The van der Waals surface area contributed by atoms with E-state index in [2.05, 4.69) is 32.6 Å². The highest BCUT2D eigenvalue weighted by atomic mass is 16.5. The molecule has 0 spiro atoms. The smallest absolute Gasteiger partial charge is 0.0777 e. The van der Waals surface area contributed by atoms with E-state index in [1.54, 1.807) is 7.11 Å². The summed E-state index contributed by atoms with van der Waals surface area (Å²) in [7, 11) is 1.77. The fraction of sp³-hybridized carbons (Fsp3) is 1.00. The van der Waals surface area contributed by atoms with E-state index >= 15 is 0 Å². The SMILES string of the molecule is COC1(C)CCCN(C(CO)C(N)C(C)(C)C)C1. The minimum absolute atomic E-state index is 0.00564. The lowest BCUT2D eigenvalue weighted by atomic mass is 9.81. The fourth-order valence-corrected chi connectivity index (χ4v) is 2.73. The number of aliphatic hydroxyl groups excluding tert-OH is 1. The van der Waals surface area contributed by atoms with Crippen molar-refractivity contribution in [1.29, 1.82) is 0 Å². The lowest BCUT2D eigenvalue weighted by Gasteiger charge is -2.46. The molecule has 3 N–H and O–H groups in total. The molecule has 3 atom stereocenters. The van der Waals surface area contributed by atoms with Crippen molar-refractivity contribution in [1.82, 2.24) is 4.90 Å². The largest absolute Gasteiger partial charge is 0.395 e. The molecule has 4 heteroatoms. The summed E-state index contributed by atoms with van der Waals surface area (Å²) in [5, 5.41) is 9.69. The quantitative estimate of drug-likeness (QED) is 0.796. The monoisotopic (exact) mass is 258 g/mol. The minimum Gasteiger partial charge on any atom is -0.395 e. The van der Waals surface area contributed by atoms with Crippen LogP contribution in [-0.4, -0.2) is 54.5 Å². The first kappa shape index (κ1) is 15.9. The Labute approximate surface area is 111 Å². The van der Waals surface area contributed by atoms with Crippen molar-refractivity contribution < 1.29 is 9.84 Å². The number of hydrogen-bond acceptors (Lipinski definition) is 4. The first-order valence-corrected chi connectivity index (χ1v) is 6.89. The Kier molecular flexibility index (Phi) is 5.18. The molecule has 0 amide bonds. The van der Waals surface area contributed by atoms with E-state index in [-0.39, 0.29) is 29.7 Å². The van der Waals surface area contributed by atoms with Crippen LogP contribution in [0.4, 0.5) is 0 Å². The lowest BCUT2D eigenvalue weighted by molar-refractivity contribution is -0.0736. The standard InChI is InChI=1S/C14H30N2O2/c1-13(2,3)12(15)11(9-17)16-8-6-7-14(4,10-16)18-5/h11-12,17H,6-10,15H2,1-5H3. The second-order valence-electron chi connectivity index (χ2n) is 6.87. The van der Waals surface area contributed by atoms with Gasteiger partial charge in [0.2, 0.25) is 0 Å². The second-order valence-corrected chi connectivity index (χ2v) is 6.87. The number of rotatable bonds is 4. The van der Waals surface area contributed by atoms with Gasteiger partial charge in [-0.3, -0.25) is 4.90 Å². The van der Waals surface area contributed by atoms with Crippen molar-refractivity contribution in [3.8, 4) is 0 Å². The Morgan fingerprint density at radius 3 is 2.50 bits per heavy atom. The van der Waals surface area contributed by atoms with Crippen molar-refractivity contribution in [3.63, 3.8) is 0 Å². The van der Waals surface area contributed by atoms with Crippen LogP contribution < -0.4 is 5.73 Å². The number of aliphatic hydroxyl groups is 1. The summed E-state index contributed by atoms with van der Waals surface area (Å²) < 4.78 is 5.60. The molecule has 0 saturated carbocycles. The zero-order chi connectivity index (χ0) is 14.0. The van der Waals surface area contributed by atoms with Gasteiger partial charge in [0.05, 0.1) is 12.2 Å². The van der Waals surface area contributed by atoms with Crippen LogP contribution in [0.15, 0.2) is 0 Å². The van der Waals surface area contributed by atoms with Gasteiger partial charge in [-0.25, -0.2) is 0 Å². The Morgan fingerprint density at radius 2 is 2.06 bits per heavy atom. The molecule has 1 fully saturated rings. The third kappa shape index (κ3) is 3.67. The molecule has 1 aliphatic rings. The molecule has 0 aliphatic carbocycles. The van der Waals surface area contributed by atoms with E-state index < -0.39 is 0 Å². The van der Waals surface area contributed by atoms with Gasteiger partial charge in [-0.1, -0.05) is 20.8 Å². The number of piperidine rings is 1. The van der Waals surface area contributed by atoms with Gasteiger partial charge in [0, 0.05) is 25.7 Å². The number of ether oxygens (including phenoxy) is 1. The van der Waals surface area contributed by atoms with Crippen molar-refractivity contribution in [3.05, 3.63) is 0 Å². The highest BCUT2D eigenvalue weighted by Crippen LogP contribution is 2.29. The molecule has 0 bridgehead atoms. The normalized spacial score (nSPS) is 30.2. The molecule has 1 aliphatic heterocycles. The lowest BCUT2D eigenvalue weighted by Crippen LogP contribution is -2.60. The van der Waals surface area contributed by atoms with E-state index in [1.807, 2.05) is 0 Å². The Morgan fingerprint density at radius 1 is 1.44 bits per heavy atom. The molecule has 1 saturated heterocycles. The van der Waals surface area contributed by atoms with Gasteiger partial charge < -0.3 is 15.6 Å². The molecule has 4 nitrogen and oxygen atoms in total. The van der Waals surface area contributed by atoms with Gasteiger partial charge in [-0.15, -0.1) is 0 Å². The van der Waals surface area contributed by atoms with Crippen molar-refractivity contribution in [2.24, 2.45) is 11.1 Å². The minimum atomic E-state index is -0.108. The topological polar surface area (TPSA) is 58.7 Å². The molecule has 0 aromatic carbocycles. The third-order valence-electron chi connectivity index (χ3n) is 4.25. The third-order valence-corrected chi connectivity index (χ3v) is 4.25. The predicted molar refractivity (Wildman–Crippen MR) is 74.5 cm³/mol. The van der Waals surface area contributed by atoms with Crippen molar-refractivity contribution >= 4 is 0 Å². The van der Waals surface area contributed by atoms with Gasteiger partial charge in [-0.05, 0) is 31.7 Å². The maximum atomic E-state index is 9.69. The highest BCUT2D eigenvalue weighted by molar-refractivity contribution is 4.94. The number of nitrogens with zero attached hydrogens (tertiary/aromatic N) is 1. The van der Waals surface area contributed by atoms with E-state index in [9.17, 15) is 5.11 Å². The highest BCUT2D eigenvalue weighted by Gasteiger charge is 2.38. The van der Waals surface area contributed by atoms with Crippen LogP contribution in [-0.2, 0) is 4.74 Å². The maximum Gasteiger partial charge on any atom is 0.0777 e. The molecule has 3 unspecified atom stereocenters. The molecule has 108 valence electrons. The van der Waals surface area contributed by atoms with Crippen LogP contribution in [0.2, 0.25) is 0 Å². The molecular weight excluding hydrogens is 228 g/mol. The predicted octanol–water partition coefficient (Wildman–Crippen LogP) is 1.22. The summed E-state index contributed by atoms with van der Waals surface area (Å²) in [4.78, 5) is 2.29. The van der Waals surface area contributed by atoms with Crippen LogP contribution in [0, 0.1) is 5.41 Å². The summed E-state index contributed by atoms with van der Waals surface area (Å²) in [6.45, 7) is 10.5. The van der Waals surface area contributed by atoms with Gasteiger partial charge in [0.15, 0.2) is 0 Å². The van der Waals surface area contributed by atoms with Crippen molar-refractivity contribution in [2.45, 2.75) is 58.2 Å². The number of hydrogen-bond donors (Lipinski definition) is 2. The van der Waals surface area contributed by atoms with Crippen LogP contribution in [0.3, 0.4) is 0 Å². The van der Waals surface area contributed by atoms with E-state index in [0.29, 0.717) is 0 Å². The second kappa shape index (κ2) is 5.87. The number of likely N-dealkylation sites (tertiary alicyclic amines) is 1. The number of methoxy groups -OCH3 is 1. The maximum absolute atomic E-state index is 9.69. The summed E-state index contributed by atoms with van der Waals surface area (Å²) in [6.07, 6.45) is 2.17. The van der Waals surface area contributed by atoms with Crippen LogP contribution in [0.5, 0.6) is 0 Å². The summed E-state index contributed by atoms with van der Waals surface area (Å²) in [6, 6.07) is -0.0264. The summed E-state index contributed by atoms with van der Waals surface area (Å²) in [5.41, 5.74) is 6.21. The first-order chi connectivity index (χ1) is 8.23. The zero-order valence-corrected chi connectivity index (χ0v) is 12.6.